The highest BCUT2D eigenvalue weighted by Gasteiger charge is 2.18. The van der Waals surface area contributed by atoms with E-state index in [1.807, 2.05) is 6.08 Å². The molecule has 1 aromatic carbocycles. The predicted molar refractivity (Wildman–Crippen MR) is 57.0 cm³/mol. The Bertz CT molecular complexity index is 279. The van der Waals surface area contributed by atoms with Gasteiger partial charge in [-0.15, -0.1) is 6.58 Å². The van der Waals surface area contributed by atoms with Crippen molar-refractivity contribution in [2.45, 2.75) is 25.3 Å². The van der Waals surface area contributed by atoms with Crippen molar-refractivity contribution < 1.29 is 0 Å². The Kier molecular flexibility index (Phi) is 2.35. The fourth-order valence-corrected chi connectivity index (χ4v) is 1.87. The molecule has 1 heterocycles. The van der Waals surface area contributed by atoms with E-state index in [0.29, 0.717) is 6.04 Å². The normalized spacial score (nSPS) is 19.2. The van der Waals surface area contributed by atoms with Gasteiger partial charge in [0.25, 0.3) is 0 Å². The van der Waals surface area contributed by atoms with E-state index in [1.165, 1.54) is 24.1 Å². The Morgan fingerprint density at radius 2 is 2.31 bits per heavy atom. The van der Waals surface area contributed by atoms with Crippen LogP contribution in [0.25, 0.3) is 0 Å². The van der Waals surface area contributed by atoms with Crippen molar-refractivity contribution in [3.63, 3.8) is 0 Å². The van der Waals surface area contributed by atoms with Crippen molar-refractivity contribution in [3.8, 4) is 0 Å². The first kappa shape index (κ1) is 8.36. The topological polar surface area (TPSA) is 12.0 Å². The number of rotatable bonds is 3. The smallest absolute Gasteiger partial charge is 0.0375 e. The second-order valence-electron chi connectivity index (χ2n) is 3.57. The summed E-state index contributed by atoms with van der Waals surface area (Å²) in [6.07, 6.45) is 5.46. The highest BCUT2D eigenvalue weighted by molar-refractivity contribution is 5.56. The largest absolute Gasteiger partial charge is 0.382 e. The molecule has 0 saturated heterocycles. The Labute approximate surface area is 79.5 Å². The van der Waals surface area contributed by atoms with Gasteiger partial charge in [0.05, 0.1) is 0 Å². The predicted octanol–water partition coefficient (Wildman–Crippen LogP) is 2.99. The molecule has 0 aliphatic carbocycles. The molecule has 0 aromatic heterocycles. The molecular weight excluding hydrogens is 158 g/mol. The van der Waals surface area contributed by atoms with Crippen LogP contribution in [-0.2, 0) is 6.42 Å². The molecule has 1 heteroatoms. The molecule has 1 aromatic rings. The van der Waals surface area contributed by atoms with Gasteiger partial charge in [-0.25, -0.2) is 0 Å². The summed E-state index contributed by atoms with van der Waals surface area (Å²) < 4.78 is 0. The monoisotopic (exact) mass is 173 g/mol. The van der Waals surface area contributed by atoms with Crippen LogP contribution in [0, 0.1) is 0 Å². The lowest BCUT2D eigenvalue weighted by Gasteiger charge is -2.08. The minimum Gasteiger partial charge on any atom is -0.382 e. The highest BCUT2D eigenvalue weighted by atomic mass is 14.9. The fraction of sp³-hybridized carbons (Fsp3) is 0.333. The molecule has 0 amide bonds. The molecule has 1 nitrogen and oxygen atoms in total. The molecule has 0 bridgehead atoms. The zero-order valence-corrected chi connectivity index (χ0v) is 7.79. The molecule has 1 aliphatic heterocycles. The van der Waals surface area contributed by atoms with E-state index < -0.39 is 0 Å². The van der Waals surface area contributed by atoms with Gasteiger partial charge in [-0.1, -0.05) is 24.3 Å². The molecule has 0 radical (unpaired) electrons. The number of fused-ring (bicyclic) bond motifs is 1. The molecular formula is C12H15N. The average Bonchev–Trinajstić information content (AvgIpc) is 2.57. The molecule has 68 valence electrons. The van der Waals surface area contributed by atoms with Gasteiger partial charge in [0.1, 0.15) is 0 Å². The number of hydrogen-bond acceptors (Lipinski definition) is 1. The molecule has 2 rings (SSSR count). The van der Waals surface area contributed by atoms with Crippen LogP contribution in [0.15, 0.2) is 36.9 Å². The quantitative estimate of drug-likeness (QED) is 0.693. The third kappa shape index (κ3) is 1.74. The van der Waals surface area contributed by atoms with E-state index >= 15 is 0 Å². The molecule has 13 heavy (non-hydrogen) atoms. The van der Waals surface area contributed by atoms with E-state index in [1.54, 1.807) is 0 Å². The molecule has 0 fully saturated rings. The SMILES string of the molecule is C=CCCC1Cc2ccccc2N1. The second kappa shape index (κ2) is 3.65. The van der Waals surface area contributed by atoms with Crippen molar-refractivity contribution >= 4 is 5.69 Å². The van der Waals surface area contributed by atoms with Crippen LogP contribution >= 0.6 is 0 Å². The Balaban J connectivity index is 2.01. The van der Waals surface area contributed by atoms with Crippen LogP contribution in [0.1, 0.15) is 18.4 Å². The summed E-state index contributed by atoms with van der Waals surface area (Å²) in [4.78, 5) is 0. The van der Waals surface area contributed by atoms with E-state index in [9.17, 15) is 0 Å². The Morgan fingerprint density at radius 3 is 3.08 bits per heavy atom. The van der Waals surface area contributed by atoms with E-state index in [4.69, 9.17) is 0 Å². The van der Waals surface area contributed by atoms with Crippen molar-refractivity contribution in [1.82, 2.24) is 0 Å². The fourth-order valence-electron chi connectivity index (χ4n) is 1.87. The van der Waals surface area contributed by atoms with Gasteiger partial charge >= 0.3 is 0 Å². The van der Waals surface area contributed by atoms with Crippen LogP contribution in [0.2, 0.25) is 0 Å². The van der Waals surface area contributed by atoms with Gasteiger partial charge in [-0.05, 0) is 30.9 Å². The van der Waals surface area contributed by atoms with E-state index in [2.05, 4.69) is 36.2 Å². The number of anilines is 1. The minimum absolute atomic E-state index is 0.621. The first-order valence-corrected chi connectivity index (χ1v) is 4.85. The third-order valence-corrected chi connectivity index (χ3v) is 2.56. The lowest BCUT2D eigenvalue weighted by atomic mass is 10.1. The van der Waals surface area contributed by atoms with Crippen molar-refractivity contribution in [2.75, 3.05) is 5.32 Å². The number of hydrogen-bond donors (Lipinski definition) is 1. The Morgan fingerprint density at radius 1 is 1.46 bits per heavy atom. The van der Waals surface area contributed by atoms with Gasteiger partial charge in [0.2, 0.25) is 0 Å². The average molecular weight is 173 g/mol. The highest BCUT2D eigenvalue weighted by Crippen LogP contribution is 2.26. The van der Waals surface area contributed by atoms with Gasteiger partial charge in [0, 0.05) is 11.7 Å². The molecule has 1 aliphatic rings. The molecule has 1 N–H and O–H groups in total. The zero-order valence-electron chi connectivity index (χ0n) is 7.79. The summed E-state index contributed by atoms with van der Waals surface area (Å²) >= 11 is 0. The standard InChI is InChI=1S/C12H15N/c1-2-3-7-11-9-10-6-4-5-8-12(10)13-11/h2,4-6,8,11,13H,1,3,7,9H2. The minimum atomic E-state index is 0.621. The maximum Gasteiger partial charge on any atom is 0.0375 e. The van der Waals surface area contributed by atoms with Crippen molar-refractivity contribution in [3.05, 3.63) is 42.5 Å². The lowest BCUT2D eigenvalue weighted by molar-refractivity contribution is 0.685. The van der Waals surface area contributed by atoms with Gasteiger partial charge in [-0.2, -0.15) is 0 Å². The second-order valence-corrected chi connectivity index (χ2v) is 3.57. The van der Waals surface area contributed by atoms with Crippen molar-refractivity contribution in [2.24, 2.45) is 0 Å². The molecule has 1 atom stereocenters. The van der Waals surface area contributed by atoms with E-state index in [0.717, 1.165) is 6.42 Å². The van der Waals surface area contributed by atoms with E-state index in [-0.39, 0.29) is 0 Å². The summed E-state index contributed by atoms with van der Waals surface area (Å²) in [5.74, 6) is 0. The first-order chi connectivity index (χ1) is 6.40. The molecule has 0 saturated carbocycles. The van der Waals surface area contributed by atoms with Crippen LogP contribution in [-0.4, -0.2) is 6.04 Å². The van der Waals surface area contributed by atoms with Crippen LogP contribution in [0.4, 0.5) is 5.69 Å². The number of para-hydroxylation sites is 1. The van der Waals surface area contributed by atoms with Crippen LogP contribution in [0.3, 0.4) is 0 Å². The number of nitrogens with one attached hydrogen (secondary N) is 1. The summed E-state index contributed by atoms with van der Waals surface area (Å²) in [7, 11) is 0. The van der Waals surface area contributed by atoms with Crippen LogP contribution < -0.4 is 5.32 Å². The summed E-state index contributed by atoms with van der Waals surface area (Å²) in [6.45, 7) is 3.74. The Hall–Kier alpha value is -1.24. The summed E-state index contributed by atoms with van der Waals surface area (Å²) in [5, 5.41) is 3.52. The lowest BCUT2D eigenvalue weighted by Crippen LogP contribution is -2.14. The maximum atomic E-state index is 3.74. The van der Waals surface area contributed by atoms with Gasteiger partial charge in [0.15, 0.2) is 0 Å². The summed E-state index contributed by atoms with van der Waals surface area (Å²) in [5.41, 5.74) is 2.77. The maximum absolute atomic E-state index is 3.74. The van der Waals surface area contributed by atoms with Crippen molar-refractivity contribution in [1.29, 1.82) is 0 Å². The molecule has 0 spiro atoms. The number of benzene rings is 1. The summed E-state index contributed by atoms with van der Waals surface area (Å²) in [6, 6.07) is 9.17. The van der Waals surface area contributed by atoms with Gasteiger partial charge in [-0.3, -0.25) is 0 Å². The first-order valence-electron chi connectivity index (χ1n) is 4.85. The zero-order chi connectivity index (χ0) is 9.10. The third-order valence-electron chi connectivity index (χ3n) is 2.56. The van der Waals surface area contributed by atoms with Gasteiger partial charge < -0.3 is 5.32 Å². The van der Waals surface area contributed by atoms with Crippen LogP contribution in [0.5, 0.6) is 0 Å². The number of allylic oxidation sites excluding steroid dienone is 1. The molecule has 1 unspecified atom stereocenters.